The van der Waals surface area contributed by atoms with Crippen LogP contribution < -0.4 is 4.74 Å². The highest BCUT2D eigenvalue weighted by Crippen LogP contribution is 2.28. The topological polar surface area (TPSA) is 39.4 Å². The van der Waals surface area contributed by atoms with Crippen LogP contribution in [0.3, 0.4) is 0 Å². The number of hydrogen-bond acceptors (Lipinski definition) is 4. The fraction of sp³-hybridized carbons (Fsp3) is 0.200. The summed E-state index contributed by atoms with van der Waals surface area (Å²) in [5.41, 5.74) is 1.27. The predicted molar refractivity (Wildman–Crippen MR) is 90.6 cm³/mol. The molecule has 0 atom stereocenters. The van der Waals surface area contributed by atoms with E-state index < -0.39 is 12.8 Å². The molecule has 0 amide bonds. The Morgan fingerprint density at radius 3 is 2.72 bits per heavy atom. The lowest BCUT2D eigenvalue weighted by Gasteiger charge is -2.10. The molecular weight excluding hydrogens is 398 g/mol. The Morgan fingerprint density at radius 1 is 1.16 bits per heavy atom. The van der Waals surface area contributed by atoms with Gasteiger partial charge >= 0.3 is 6.18 Å². The summed E-state index contributed by atoms with van der Waals surface area (Å²) in [5, 5.41) is 9.45. The molecule has 0 spiro atoms. The molecule has 0 aliphatic rings. The van der Waals surface area contributed by atoms with Gasteiger partial charge in [-0.1, -0.05) is 47.1 Å². The average Bonchev–Trinajstić information content (AvgIpc) is 2.94. The van der Waals surface area contributed by atoms with Crippen LogP contribution in [0.15, 0.2) is 41.7 Å². The van der Waals surface area contributed by atoms with Crippen molar-refractivity contribution in [1.82, 2.24) is 14.6 Å². The van der Waals surface area contributed by atoms with Gasteiger partial charge in [0.15, 0.2) is 17.4 Å². The van der Waals surface area contributed by atoms with E-state index in [-0.39, 0.29) is 5.75 Å². The molecule has 3 aromatic rings. The van der Waals surface area contributed by atoms with E-state index in [1.54, 1.807) is 34.9 Å². The van der Waals surface area contributed by atoms with Crippen molar-refractivity contribution in [1.29, 1.82) is 0 Å². The monoisotopic (exact) mass is 407 g/mol. The van der Waals surface area contributed by atoms with E-state index in [1.165, 1.54) is 17.8 Å². The maximum absolute atomic E-state index is 12.2. The number of thioether (sulfide) groups is 1. The van der Waals surface area contributed by atoms with Gasteiger partial charge in [0.25, 0.3) is 0 Å². The summed E-state index contributed by atoms with van der Waals surface area (Å²) in [6.45, 7) is -1.32. The predicted octanol–water partition coefficient (Wildman–Crippen LogP) is 5.27. The summed E-state index contributed by atoms with van der Waals surface area (Å²) in [7, 11) is 0. The van der Waals surface area contributed by atoms with E-state index >= 15 is 0 Å². The molecule has 0 N–H and O–H groups in total. The van der Waals surface area contributed by atoms with Crippen LogP contribution in [-0.2, 0) is 5.75 Å². The lowest BCUT2D eigenvalue weighted by Crippen LogP contribution is -2.19. The second-order valence-electron chi connectivity index (χ2n) is 5.02. The molecule has 25 heavy (non-hydrogen) atoms. The summed E-state index contributed by atoms with van der Waals surface area (Å²) in [5.74, 6) is 0.626. The molecule has 10 heteroatoms. The Bertz CT molecular complexity index is 901. The van der Waals surface area contributed by atoms with Gasteiger partial charge in [0, 0.05) is 11.9 Å². The zero-order valence-electron chi connectivity index (χ0n) is 12.4. The minimum atomic E-state index is -4.37. The van der Waals surface area contributed by atoms with E-state index in [4.69, 9.17) is 27.9 Å². The zero-order chi connectivity index (χ0) is 18.0. The maximum atomic E-state index is 12.2. The summed E-state index contributed by atoms with van der Waals surface area (Å²) in [4.78, 5) is 0. The van der Waals surface area contributed by atoms with Crippen LogP contribution in [0.25, 0.3) is 5.65 Å². The summed E-state index contributed by atoms with van der Waals surface area (Å²) in [6.07, 6.45) is -2.72. The van der Waals surface area contributed by atoms with Gasteiger partial charge in [-0.2, -0.15) is 13.2 Å². The molecule has 0 bridgehead atoms. The zero-order valence-corrected chi connectivity index (χ0v) is 14.8. The maximum Gasteiger partial charge on any atom is 0.422 e. The van der Waals surface area contributed by atoms with E-state index in [0.717, 1.165) is 5.56 Å². The first-order chi connectivity index (χ1) is 11.8. The van der Waals surface area contributed by atoms with Crippen LogP contribution in [0, 0.1) is 0 Å². The smallest absolute Gasteiger partial charge is 0.422 e. The molecule has 0 saturated heterocycles. The molecule has 3 rings (SSSR count). The number of pyridine rings is 1. The van der Waals surface area contributed by atoms with Gasteiger partial charge in [-0.25, -0.2) is 0 Å². The van der Waals surface area contributed by atoms with E-state index in [9.17, 15) is 13.2 Å². The van der Waals surface area contributed by atoms with Gasteiger partial charge in [-0.3, -0.25) is 4.40 Å². The van der Waals surface area contributed by atoms with Crippen LogP contribution in [0.2, 0.25) is 10.0 Å². The Kier molecular flexibility index (Phi) is 5.31. The molecule has 132 valence electrons. The highest BCUT2D eigenvalue weighted by Gasteiger charge is 2.28. The van der Waals surface area contributed by atoms with Crippen LogP contribution >= 0.6 is 35.0 Å². The van der Waals surface area contributed by atoms with Crippen LogP contribution in [0.5, 0.6) is 5.75 Å². The normalized spacial score (nSPS) is 11.9. The van der Waals surface area contributed by atoms with Gasteiger partial charge in [-0.05, 0) is 23.8 Å². The highest BCUT2D eigenvalue weighted by molar-refractivity contribution is 7.98. The minimum Gasteiger partial charge on any atom is -0.484 e. The molecule has 0 aliphatic carbocycles. The Labute approximate surface area is 154 Å². The second kappa shape index (κ2) is 7.31. The molecule has 2 heterocycles. The molecule has 0 unspecified atom stereocenters. The van der Waals surface area contributed by atoms with Crippen LogP contribution in [-0.4, -0.2) is 27.4 Å². The van der Waals surface area contributed by atoms with Gasteiger partial charge in [0.2, 0.25) is 0 Å². The Morgan fingerprint density at radius 2 is 1.96 bits per heavy atom. The lowest BCUT2D eigenvalue weighted by molar-refractivity contribution is -0.153. The second-order valence-corrected chi connectivity index (χ2v) is 6.81. The quantitative estimate of drug-likeness (QED) is 0.540. The van der Waals surface area contributed by atoms with Gasteiger partial charge in [-0.15, -0.1) is 10.2 Å². The van der Waals surface area contributed by atoms with Crippen molar-refractivity contribution in [2.75, 3.05) is 6.61 Å². The van der Waals surface area contributed by atoms with Crippen LogP contribution in [0.4, 0.5) is 13.2 Å². The molecule has 2 aromatic heterocycles. The van der Waals surface area contributed by atoms with Crippen molar-refractivity contribution in [3.8, 4) is 5.75 Å². The Hall–Kier alpha value is -1.64. The summed E-state index contributed by atoms with van der Waals surface area (Å²) >= 11 is 13.4. The Balaban J connectivity index is 1.72. The third kappa shape index (κ3) is 4.71. The molecule has 1 aromatic carbocycles. The fourth-order valence-corrected chi connectivity index (χ4v) is 3.40. The third-order valence-corrected chi connectivity index (χ3v) is 4.56. The minimum absolute atomic E-state index is 0.160. The van der Waals surface area contributed by atoms with Gasteiger partial charge in [0.1, 0.15) is 5.75 Å². The lowest BCUT2D eigenvalue weighted by atomic mass is 10.2. The molecule has 0 aliphatic heterocycles. The molecule has 0 radical (unpaired) electrons. The number of ether oxygens (including phenoxy) is 1. The summed E-state index contributed by atoms with van der Waals surface area (Å²) in [6, 6.07) is 8.03. The van der Waals surface area contributed by atoms with E-state index in [0.29, 0.717) is 26.6 Å². The van der Waals surface area contributed by atoms with E-state index in [2.05, 4.69) is 10.2 Å². The SMILES string of the molecule is FC(F)(F)COc1cccc(CSc2nnc3c(Cl)cc(Cl)cn23)c1. The first-order valence-corrected chi connectivity index (χ1v) is 8.67. The van der Waals surface area contributed by atoms with Gasteiger partial charge in [0.05, 0.1) is 10.0 Å². The number of hydrogen-bond donors (Lipinski definition) is 0. The first kappa shape index (κ1) is 18.2. The van der Waals surface area contributed by atoms with E-state index in [1.807, 2.05) is 0 Å². The van der Waals surface area contributed by atoms with Crippen molar-refractivity contribution in [3.63, 3.8) is 0 Å². The van der Waals surface area contributed by atoms with Gasteiger partial charge < -0.3 is 4.74 Å². The number of halogens is 5. The molecule has 0 saturated carbocycles. The van der Waals surface area contributed by atoms with Crippen molar-refractivity contribution < 1.29 is 17.9 Å². The number of fused-ring (bicyclic) bond motifs is 1. The fourth-order valence-electron chi connectivity index (χ4n) is 2.04. The standard InChI is InChI=1S/C15H10Cl2F3N3OS/c16-10-5-12(17)13-21-22-14(23(13)6-10)25-7-9-2-1-3-11(4-9)24-8-15(18,19)20/h1-6H,7-8H2. The molecule has 0 fully saturated rings. The first-order valence-electron chi connectivity index (χ1n) is 6.93. The largest absolute Gasteiger partial charge is 0.484 e. The number of rotatable bonds is 5. The number of nitrogens with zero attached hydrogens (tertiary/aromatic N) is 3. The molecule has 4 nitrogen and oxygen atoms in total. The number of aromatic nitrogens is 3. The van der Waals surface area contributed by atoms with Crippen molar-refractivity contribution in [2.24, 2.45) is 0 Å². The number of alkyl halides is 3. The summed E-state index contributed by atoms with van der Waals surface area (Å²) < 4.78 is 43.1. The average molecular weight is 408 g/mol. The highest BCUT2D eigenvalue weighted by atomic mass is 35.5. The van der Waals surface area contributed by atoms with Crippen molar-refractivity contribution in [3.05, 3.63) is 52.1 Å². The van der Waals surface area contributed by atoms with Crippen molar-refractivity contribution in [2.45, 2.75) is 17.1 Å². The van der Waals surface area contributed by atoms with Crippen molar-refractivity contribution >= 4 is 40.6 Å². The third-order valence-electron chi connectivity index (χ3n) is 3.06. The number of benzene rings is 1. The van der Waals surface area contributed by atoms with Crippen LogP contribution in [0.1, 0.15) is 5.56 Å². The molecular formula is C15H10Cl2F3N3OS.